The van der Waals surface area contributed by atoms with Gasteiger partial charge in [-0.05, 0) is 72.9 Å². The van der Waals surface area contributed by atoms with E-state index in [0.717, 1.165) is 44.6 Å². The van der Waals surface area contributed by atoms with Gasteiger partial charge in [0.25, 0.3) is 0 Å². The summed E-state index contributed by atoms with van der Waals surface area (Å²) in [6.45, 7) is 7.37. The predicted molar refractivity (Wildman–Crippen MR) is 165 cm³/mol. The molecule has 1 saturated heterocycles. The molecule has 1 aliphatic heterocycles. The Bertz CT molecular complexity index is 1340. The molecule has 0 spiro atoms. The first-order valence-electron chi connectivity index (χ1n) is 16.0. The fourth-order valence-corrected chi connectivity index (χ4v) is 7.40. The van der Waals surface area contributed by atoms with Crippen molar-refractivity contribution in [2.75, 3.05) is 26.7 Å². The van der Waals surface area contributed by atoms with Crippen molar-refractivity contribution in [2.45, 2.75) is 107 Å². The average molecular weight is 612 g/mol. The molecule has 9 heteroatoms. The van der Waals surface area contributed by atoms with Crippen LogP contribution in [0.1, 0.15) is 94.7 Å². The normalized spacial score (nSPS) is 25.8. The number of carbonyl (C=O) groups excluding carboxylic acids is 2. The molecule has 5 rings (SSSR count). The minimum absolute atomic E-state index is 0.000379. The van der Waals surface area contributed by atoms with Crippen molar-refractivity contribution in [3.63, 3.8) is 0 Å². The van der Waals surface area contributed by atoms with Gasteiger partial charge in [-0.25, -0.2) is 8.78 Å². The second kappa shape index (κ2) is 12.9. The maximum absolute atomic E-state index is 14.3. The summed E-state index contributed by atoms with van der Waals surface area (Å²) in [4.78, 5) is 27.5. The van der Waals surface area contributed by atoms with Gasteiger partial charge in [0, 0.05) is 24.1 Å². The van der Waals surface area contributed by atoms with Crippen molar-refractivity contribution in [3.8, 4) is 0 Å². The van der Waals surface area contributed by atoms with E-state index in [-0.39, 0.29) is 30.0 Å². The molecular formula is C35H47F2N3O4. The van der Waals surface area contributed by atoms with Crippen molar-refractivity contribution in [1.29, 1.82) is 0 Å². The summed E-state index contributed by atoms with van der Waals surface area (Å²) in [7, 11) is 1.32. The van der Waals surface area contributed by atoms with Crippen molar-refractivity contribution >= 4 is 11.9 Å². The monoisotopic (exact) mass is 611 g/mol. The zero-order valence-electron chi connectivity index (χ0n) is 26.4. The van der Waals surface area contributed by atoms with Crippen LogP contribution in [0.3, 0.4) is 0 Å². The van der Waals surface area contributed by atoms with Crippen LogP contribution in [-0.2, 0) is 25.3 Å². The number of ether oxygens (including phenoxy) is 1. The summed E-state index contributed by atoms with van der Waals surface area (Å²) >= 11 is 0. The third-order valence-corrected chi connectivity index (χ3v) is 10.1. The smallest absolute Gasteiger partial charge is 0.319 e. The van der Waals surface area contributed by atoms with Crippen LogP contribution < -0.4 is 10.6 Å². The van der Waals surface area contributed by atoms with Gasteiger partial charge in [0.1, 0.15) is 11.6 Å². The summed E-state index contributed by atoms with van der Waals surface area (Å²) in [6.07, 6.45) is 5.78. The number of halogens is 2. The summed E-state index contributed by atoms with van der Waals surface area (Å²) in [5.74, 6) is -2.57. The topological polar surface area (TPSA) is 90.9 Å². The Morgan fingerprint density at radius 1 is 1.07 bits per heavy atom. The van der Waals surface area contributed by atoms with Crippen molar-refractivity contribution in [2.24, 2.45) is 0 Å². The highest BCUT2D eigenvalue weighted by Gasteiger charge is 2.61. The zero-order valence-corrected chi connectivity index (χ0v) is 26.4. The number of rotatable bonds is 10. The minimum atomic E-state index is -1.10. The van der Waals surface area contributed by atoms with Crippen LogP contribution in [-0.4, -0.2) is 66.3 Å². The van der Waals surface area contributed by atoms with Gasteiger partial charge in [0.05, 0.1) is 31.3 Å². The third-order valence-electron chi connectivity index (χ3n) is 10.1. The average Bonchev–Trinajstić information content (AvgIpc) is 3.53. The molecule has 2 aliphatic carbocycles. The number of benzene rings is 2. The molecule has 1 amide bonds. The van der Waals surface area contributed by atoms with Gasteiger partial charge in [0.15, 0.2) is 0 Å². The van der Waals surface area contributed by atoms with E-state index in [1.165, 1.54) is 30.4 Å². The van der Waals surface area contributed by atoms with Gasteiger partial charge in [-0.2, -0.15) is 0 Å². The highest BCUT2D eigenvalue weighted by Crippen LogP contribution is 2.54. The number of aliphatic hydroxyl groups excluding tert-OH is 1. The second-order valence-corrected chi connectivity index (χ2v) is 14.1. The van der Waals surface area contributed by atoms with Crippen LogP contribution >= 0.6 is 0 Å². The van der Waals surface area contributed by atoms with E-state index in [1.807, 2.05) is 0 Å². The molecule has 2 saturated carbocycles. The number of likely N-dealkylation sites (tertiary alicyclic amines) is 1. The highest BCUT2D eigenvalue weighted by atomic mass is 19.1. The first-order chi connectivity index (χ1) is 20.9. The predicted octanol–water partition coefficient (Wildman–Crippen LogP) is 5.05. The Balaban J connectivity index is 1.40. The van der Waals surface area contributed by atoms with Gasteiger partial charge in [-0.3, -0.25) is 14.5 Å². The quantitative estimate of drug-likeness (QED) is 0.326. The van der Waals surface area contributed by atoms with E-state index >= 15 is 0 Å². The largest absolute Gasteiger partial charge is 0.468 e. The zero-order chi connectivity index (χ0) is 31.7. The van der Waals surface area contributed by atoms with E-state index in [1.54, 1.807) is 4.90 Å². The Morgan fingerprint density at radius 2 is 1.77 bits per heavy atom. The molecule has 2 aromatic carbocycles. The molecule has 0 bridgehead atoms. The first kappa shape index (κ1) is 32.5. The van der Waals surface area contributed by atoms with Crippen molar-refractivity contribution in [1.82, 2.24) is 15.5 Å². The molecule has 4 atom stereocenters. The fourth-order valence-electron chi connectivity index (χ4n) is 7.40. The molecule has 2 unspecified atom stereocenters. The van der Waals surface area contributed by atoms with Gasteiger partial charge < -0.3 is 20.5 Å². The third kappa shape index (κ3) is 6.85. The van der Waals surface area contributed by atoms with E-state index in [9.17, 15) is 23.5 Å². The number of esters is 1. The molecule has 44 heavy (non-hydrogen) atoms. The Kier molecular flexibility index (Phi) is 9.50. The first-order valence-corrected chi connectivity index (χ1v) is 16.0. The summed E-state index contributed by atoms with van der Waals surface area (Å²) in [5, 5.41) is 18.7. The fraction of sp³-hybridized carbons (Fsp3) is 0.600. The number of amides is 1. The highest BCUT2D eigenvalue weighted by molar-refractivity contribution is 5.84. The summed E-state index contributed by atoms with van der Waals surface area (Å²) < 4.78 is 33.4. The van der Waals surface area contributed by atoms with Crippen LogP contribution in [0.2, 0.25) is 0 Å². The number of aliphatic hydroxyl groups is 1. The van der Waals surface area contributed by atoms with Crippen LogP contribution in [0.4, 0.5) is 8.78 Å². The maximum Gasteiger partial charge on any atom is 0.319 e. The molecular weight excluding hydrogens is 564 g/mol. The number of methoxy groups -OCH3 is 1. The lowest BCUT2D eigenvalue weighted by Gasteiger charge is -2.41. The van der Waals surface area contributed by atoms with Crippen LogP contribution in [0, 0.1) is 11.6 Å². The van der Waals surface area contributed by atoms with E-state index in [2.05, 4.69) is 55.7 Å². The summed E-state index contributed by atoms with van der Waals surface area (Å²) in [6, 6.07) is 11.5. The molecule has 3 aliphatic rings. The Labute approximate surface area is 259 Å². The number of hydrogen-bond acceptors (Lipinski definition) is 6. The van der Waals surface area contributed by atoms with E-state index in [0.29, 0.717) is 24.9 Å². The van der Waals surface area contributed by atoms with Crippen LogP contribution in [0.15, 0.2) is 42.5 Å². The van der Waals surface area contributed by atoms with Gasteiger partial charge >= 0.3 is 5.97 Å². The van der Waals surface area contributed by atoms with Crippen LogP contribution in [0.5, 0.6) is 0 Å². The molecule has 240 valence electrons. The lowest BCUT2D eigenvalue weighted by Crippen LogP contribution is -2.57. The Hall–Kier alpha value is -2.88. The van der Waals surface area contributed by atoms with Crippen LogP contribution in [0.25, 0.3) is 0 Å². The van der Waals surface area contributed by atoms with Gasteiger partial charge in [-0.1, -0.05) is 64.3 Å². The second-order valence-electron chi connectivity index (χ2n) is 14.1. The summed E-state index contributed by atoms with van der Waals surface area (Å²) in [5.41, 5.74) is 1.40. The number of carbonyl (C=O) groups is 2. The SMILES string of the molecule is COC(=O)CN1CCCC1C(=O)N[C@@]1([C@H](O)CNC2(c3cccc(C(C)(C)C)c3)CCCCC2)CC1c1cc(F)cc(F)c1. The molecule has 2 aromatic rings. The lowest BCUT2D eigenvalue weighted by atomic mass is 9.74. The van der Waals surface area contributed by atoms with Gasteiger partial charge in [0.2, 0.25) is 5.91 Å². The minimum Gasteiger partial charge on any atom is -0.468 e. The lowest BCUT2D eigenvalue weighted by molar-refractivity contribution is -0.142. The van der Waals surface area contributed by atoms with Crippen molar-refractivity contribution < 1.29 is 28.2 Å². The maximum atomic E-state index is 14.3. The number of nitrogens with one attached hydrogen (secondary N) is 2. The standard InChI is InChI=1S/C35H47F2N3O4/c1-33(2,3)24-10-8-11-25(18-24)34(13-6-5-7-14-34)38-21-30(41)35(20-28(35)23-16-26(36)19-27(37)17-23)39-32(43)29-12-9-15-40(29)22-31(42)44-4/h8,10-11,16-19,28-30,38,41H,5-7,9,12-15,20-22H2,1-4H3,(H,39,43)/t28?,29?,30-,35+/m1/s1. The molecule has 1 heterocycles. The molecule has 0 radical (unpaired) electrons. The van der Waals surface area contributed by atoms with E-state index in [4.69, 9.17) is 4.74 Å². The number of nitrogens with zero attached hydrogens (tertiary/aromatic N) is 1. The van der Waals surface area contributed by atoms with Gasteiger partial charge in [-0.15, -0.1) is 0 Å². The molecule has 3 N–H and O–H groups in total. The molecule has 3 fully saturated rings. The van der Waals surface area contributed by atoms with E-state index < -0.39 is 41.2 Å². The van der Waals surface area contributed by atoms with Crippen molar-refractivity contribution in [3.05, 3.63) is 70.8 Å². The molecule has 0 aromatic heterocycles. The number of hydrogen-bond donors (Lipinski definition) is 3. The molecule has 7 nitrogen and oxygen atoms in total. The Morgan fingerprint density at radius 3 is 2.43 bits per heavy atom.